The van der Waals surface area contributed by atoms with Crippen LogP contribution in [-0.2, 0) is 0 Å². The number of likely N-dealkylation sites (tertiary alicyclic amines) is 1. The topological polar surface area (TPSA) is 40.5 Å². The van der Waals surface area contributed by atoms with Gasteiger partial charge in [0.15, 0.2) is 0 Å². The second-order valence-electron chi connectivity index (χ2n) is 4.19. The molecular weight excluding hydrogens is 305 g/mol. The molecule has 1 aliphatic heterocycles. The van der Waals surface area contributed by atoms with Gasteiger partial charge in [-0.25, -0.2) is 0 Å². The second-order valence-corrected chi connectivity index (χ2v) is 5.42. The molecule has 2 rings (SSSR count). The molecule has 1 fully saturated rings. The lowest BCUT2D eigenvalue weighted by Crippen LogP contribution is -2.29. The maximum atomic E-state index is 12.2. The normalized spacial score (nSPS) is 19.7. The van der Waals surface area contributed by atoms with Crippen molar-refractivity contribution in [2.45, 2.75) is 6.42 Å². The minimum atomic E-state index is -0.0627. The number of hydrogen-bond acceptors (Lipinski definition) is 2. The molecule has 1 heterocycles. The largest absolute Gasteiger partial charge is 0.396 e. The molecule has 0 bridgehead atoms. The Kier molecular flexibility index (Phi) is 4.07. The fourth-order valence-electron chi connectivity index (χ4n) is 2.01. The summed E-state index contributed by atoms with van der Waals surface area (Å²) in [7, 11) is 0. The van der Waals surface area contributed by atoms with Crippen LogP contribution in [-0.4, -0.2) is 35.6 Å². The molecule has 1 saturated heterocycles. The standard InChI is InChI=1S/C12H13BrClNO2/c13-10-3-1-2-9(11(10)14)12(17)15-5-4-8(6-15)7-16/h1-3,8,16H,4-7H2. The third-order valence-corrected chi connectivity index (χ3v) is 4.31. The molecule has 0 saturated carbocycles. The minimum absolute atomic E-state index is 0.0627. The van der Waals surface area contributed by atoms with Gasteiger partial charge in [-0.3, -0.25) is 4.79 Å². The lowest BCUT2D eigenvalue weighted by atomic mass is 10.1. The molecule has 0 aliphatic carbocycles. The summed E-state index contributed by atoms with van der Waals surface area (Å²) < 4.78 is 0.725. The van der Waals surface area contributed by atoms with Gasteiger partial charge in [0, 0.05) is 30.1 Å². The minimum Gasteiger partial charge on any atom is -0.396 e. The number of rotatable bonds is 2. The molecule has 0 radical (unpaired) electrons. The summed E-state index contributed by atoms with van der Waals surface area (Å²) >= 11 is 9.40. The number of benzene rings is 1. The highest BCUT2D eigenvalue weighted by Gasteiger charge is 2.27. The molecular formula is C12H13BrClNO2. The molecule has 1 N–H and O–H groups in total. The summed E-state index contributed by atoms with van der Waals surface area (Å²) in [4.78, 5) is 14.0. The van der Waals surface area contributed by atoms with E-state index in [1.165, 1.54) is 0 Å². The average Bonchev–Trinajstić information content (AvgIpc) is 2.80. The fourth-order valence-corrected chi connectivity index (χ4v) is 2.58. The van der Waals surface area contributed by atoms with Gasteiger partial charge in [-0.15, -0.1) is 0 Å². The van der Waals surface area contributed by atoms with Crippen molar-refractivity contribution in [1.29, 1.82) is 0 Å². The molecule has 5 heteroatoms. The van der Waals surface area contributed by atoms with Crippen molar-refractivity contribution in [3.8, 4) is 0 Å². The Balaban J connectivity index is 2.18. The molecule has 92 valence electrons. The molecule has 3 nitrogen and oxygen atoms in total. The van der Waals surface area contributed by atoms with Gasteiger partial charge in [0.05, 0.1) is 10.6 Å². The van der Waals surface area contributed by atoms with Crippen LogP contribution >= 0.6 is 27.5 Å². The van der Waals surface area contributed by atoms with Crippen LogP contribution in [0.4, 0.5) is 0 Å². The van der Waals surface area contributed by atoms with E-state index in [9.17, 15) is 4.79 Å². The third-order valence-electron chi connectivity index (χ3n) is 3.01. The van der Waals surface area contributed by atoms with Crippen molar-refractivity contribution in [3.63, 3.8) is 0 Å². The van der Waals surface area contributed by atoms with Crippen molar-refractivity contribution in [2.75, 3.05) is 19.7 Å². The van der Waals surface area contributed by atoms with E-state index in [0.29, 0.717) is 23.7 Å². The van der Waals surface area contributed by atoms with Gasteiger partial charge < -0.3 is 10.0 Å². The number of amides is 1. The molecule has 1 atom stereocenters. The first kappa shape index (κ1) is 12.9. The van der Waals surface area contributed by atoms with E-state index in [1.807, 2.05) is 0 Å². The van der Waals surface area contributed by atoms with Gasteiger partial charge in [-0.2, -0.15) is 0 Å². The summed E-state index contributed by atoms with van der Waals surface area (Å²) in [5, 5.41) is 9.51. The van der Waals surface area contributed by atoms with Gasteiger partial charge in [-0.05, 0) is 34.5 Å². The van der Waals surface area contributed by atoms with E-state index in [4.69, 9.17) is 16.7 Å². The first-order valence-corrected chi connectivity index (χ1v) is 6.64. The lowest BCUT2D eigenvalue weighted by molar-refractivity contribution is 0.0782. The molecule has 0 spiro atoms. The zero-order valence-corrected chi connectivity index (χ0v) is 11.5. The van der Waals surface area contributed by atoms with Crippen molar-refractivity contribution >= 4 is 33.4 Å². The fraction of sp³-hybridized carbons (Fsp3) is 0.417. The Morgan fingerprint density at radius 2 is 2.35 bits per heavy atom. The van der Waals surface area contributed by atoms with Gasteiger partial charge >= 0.3 is 0 Å². The number of aliphatic hydroxyl groups excluding tert-OH is 1. The third kappa shape index (κ3) is 2.64. The molecule has 1 aliphatic rings. The smallest absolute Gasteiger partial charge is 0.255 e. The zero-order valence-electron chi connectivity index (χ0n) is 9.20. The Morgan fingerprint density at radius 1 is 1.59 bits per heavy atom. The molecule has 1 amide bonds. The SMILES string of the molecule is O=C(c1cccc(Br)c1Cl)N1CCC(CO)C1. The Hall–Kier alpha value is -0.580. The van der Waals surface area contributed by atoms with Crippen LogP contribution in [0.5, 0.6) is 0 Å². The van der Waals surface area contributed by atoms with Gasteiger partial charge in [0.2, 0.25) is 0 Å². The van der Waals surface area contributed by atoms with Crippen molar-refractivity contribution < 1.29 is 9.90 Å². The maximum Gasteiger partial charge on any atom is 0.255 e. The maximum absolute atomic E-state index is 12.2. The quantitative estimate of drug-likeness (QED) is 0.910. The first-order valence-electron chi connectivity index (χ1n) is 5.47. The van der Waals surface area contributed by atoms with Crippen LogP contribution in [0.2, 0.25) is 5.02 Å². The van der Waals surface area contributed by atoms with Crippen LogP contribution in [0.15, 0.2) is 22.7 Å². The number of nitrogens with zero attached hydrogens (tertiary/aromatic N) is 1. The highest BCUT2D eigenvalue weighted by atomic mass is 79.9. The van der Waals surface area contributed by atoms with E-state index in [-0.39, 0.29) is 18.4 Å². The number of carbonyl (C=O) groups is 1. The molecule has 1 aromatic carbocycles. The first-order chi connectivity index (χ1) is 8.13. The van der Waals surface area contributed by atoms with E-state index < -0.39 is 0 Å². The van der Waals surface area contributed by atoms with Gasteiger partial charge in [0.1, 0.15) is 0 Å². The summed E-state index contributed by atoms with van der Waals surface area (Å²) in [5.74, 6) is 0.136. The van der Waals surface area contributed by atoms with Crippen LogP contribution in [0.3, 0.4) is 0 Å². The molecule has 17 heavy (non-hydrogen) atoms. The molecule has 1 aromatic rings. The van der Waals surface area contributed by atoms with Gasteiger partial charge in [0.25, 0.3) is 5.91 Å². The number of hydrogen-bond donors (Lipinski definition) is 1. The van der Waals surface area contributed by atoms with E-state index in [2.05, 4.69) is 15.9 Å². The van der Waals surface area contributed by atoms with Crippen molar-refractivity contribution in [1.82, 2.24) is 4.90 Å². The van der Waals surface area contributed by atoms with Crippen LogP contribution < -0.4 is 0 Å². The number of aliphatic hydroxyl groups is 1. The predicted octanol–water partition coefficient (Wildman–Crippen LogP) is 2.56. The number of carbonyl (C=O) groups excluding carboxylic acids is 1. The highest BCUT2D eigenvalue weighted by molar-refractivity contribution is 9.10. The Bertz CT molecular complexity index is 439. The van der Waals surface area contributed by atoms with Crippen molar-refractivity contribution in [2.24, 2.45) is 5.92 Å². The summed E-state index contributed by atoms with van der Waals surface area (Å²) in [6.07, 6.45) is 0.855. The zero-order chi connectivity index (χ0) is 12.4. The second kappa shape index (κ2) is 5.38. The van der Waals surface area contributed by atoms with E-state index >= 15 is 0 Å². The number of halogens is 2. The lowest BCUT2D eigenvalue weighted by Gasteiger charge is -2.17. The summed E-state index contributed by atoms with van der Waals surface area (Å²) in [6.45, 7) is 1.43. The molecule has 1 unspecified atom stereocenters. The predicted molar refractivity (Wildman–Crippen MR) is 70.2 cm³/mol. The monoisotopic (exact) mass is 317 g/mol. The molecule has 0 aromatic heterocycles. The van der Waals surface area contributed by atoms with E-state index in [1.54, 1.807) is 23.1 Å². The van der Waals surface area contributed by atoms with E-state index in [0.717, 1.165) is 10.9 Å². The Labute approximate surface area is 114 Å². The summed E-state index contributed by atoms with van der Waals surface area (Å²) in [5.41, 5.74) is 0.514. The highest BCUT2D eigenvalue weighted by Crippen LogP contribution is 2.28. The van der Waals surface area contributed by atoms with Crippen LogP contribution in [0.25, 0.3) is 0 Å². The van der Waals surface area contributed by atoms with Gasteiger partial charge in [-0.1, -0.05) is 17.7 Å². The van der Waals surface area contributed by atoms with Crippen LogP contribution in [0.1, 0.15) is 16.8 Å². The van der Waals surface area contributed by atoms with Crippen LogP contribution in [0, 0.1) is 5.92 Å². The Morgan fingerprint density at radius 3 is 3.00 bits per heavy atom. The average molecular weight is 319 g/mol. The van der Waals surface area contributed by atoms with Crippen molar-refractivity contribution in [3.05, 3.63) is 33.3 Å². The summed E-state index contributed by atoms with van der Waals surface area (Å²) in [6, 6.07) is 5.32.